The van der Waals surface area contributed by atoms with E-state index in [1.165, 1.54) is 6.33 Å². The summed E-state index contributed by atoms with van der Waals surface area (Å²) in [5.41, 5.74) is 10.3. The maximum atomic E-state index is 13.6. The van der Waals surface area contributed by atoms with E-state index in [0.717, 1.165) is 101 Å². The van der Waals surface area contributed by atoms with Crippen molar-refractivity contribution in [3.8, 4) is 22.8 Å². The lowest BCUT2D eigenvalue weighted by Crippen LogP contribution is -2.47. The highest BCUT2D eigenvalue weighted by Gasteiger charge is 2.27. The van der Waals surface area contributed by atoms with E-state index in [9.17, 15) is 24.0 Å². The molecule has 2 atom stereocenters. The van der Waals surface area contributed by atoms with Crippen LogP contribution in [0.1, 0.15) is 78.6 Å². The molecule has 7 rings (SSSR count). The molecule has 2 fully saturated rings. The molecule has 0 aliphatic carbocycles. The minimum atomic E-state index is -0.398. The number of carbonyl (C=O) groups excluding carboxylic acids is 5. The SMILES string of the molecule is CC(CCC(=O)NC=O)N(C)C(=O)c1cc(N2CCN(CCC3CCN(CCC(CCNC=O)n4nc(-c5ccc(Oc6ccccc6)cc5)c5c(N)ncnc54)CC3)CC2)ccc1C=O. The molecule has 3 aromatic carbocycles. The minimum Gasteiger partial charge on any atom is -0.457 e. The number of hydrogen-bond donors (Lipinski definition) is 3. The van der Waals surface area contributed by atoms with Crippen LogP contribution in [-0.2, 0) is 14.4 Å². The number of rotatable bonds is 22. The van der Waals surface area contributed by atoms with Gasteiger partial charge in [-0.25, -0.2) is 14.6 Å². The molecule has 348 valence electrons. The Bertz CT molecular complexity index is 2410. The van der Waals surface area contributed by atoms with Crippen molar-refractivity contribution in [3.05, 3.63) is 90.3 Å². The summed E-state index contributed by atoms with van der Waals surface area (Å²) in [5, 5.41) is 10.8. The van der Waals surface area contributed by atoms with Gasteiger partial charge in [-0.1, -0.05) is 18.2 Å². The highest BCUT2D eigenvalue weighted by atomic mass is 16.5. The number of hydrogen-bond acceptors (Lipinski definition) is 13. The second kappa shape index (κ2) is 22.9. The number of piperazine rings is 1. The van der Waals surface area contributed by atoms with E-state index in [-0.39, 0.29) is 24.4 Å². The summed E-state index contributed by atoms with van der Waals surface area (Å²) in [4.78, 5) is 77.0. The van der Waals surface area contributed by atoms with Crippen LogP contribution >= 0.6 is 0 Å². The molecular weight excluding hydrogens is 839 g/mol. The Labute approximate surface area is 385 Å². The number of anilines is 2. The highest BCUT2D eigenvalue weighted by Crippen LogP contribution is 2.35. The van der Waals surface area contributed by atoms with Crippen molar-refractivity contribution in [3.63, 3.8) is 0 Å². The number of ether oxygens (including phenoxy) is 1. The molecule has 2 saturated heterocycles. The van der Waals surface area contributed by atoms with Crippen LogP contribution in [0, 0.1) is 5.92 Å². The largest absolute Gasteiger partial charge is 0.457 e. The summed E-state index contributed by atoms with van der Waals surface area (Å²) in [6.07, 6.45) is 8.68. The molecule has 17 heteroatoms. The summed E-state index contributed by atoms with van der Waals surface area (Å²) in [6, 6.07) is 22.5. The van der Waals surface area contributed by atoms with Gasteiger partial charge in [-0.05, 0) is 126 Å². The third-order valence-corrected chi connectivity index (χ3v) is 13.1. The van der Waals surface area contributed by atoms with Gasteiger partial charge in [0.1, 0.15) is 29.3 Å². The van der Waals surface area contributed by atoms with Crippen LogP contribution in [-0.4, -0.2) is 137 Å². The molecule has 2 unspecified atom stereocenters. The number of benzene rings is 3. The van der Waals surface area contributed by atoms with Crippen molar-refractivity contribution < 1.29 is 28.7 Å². The van der Waals surface area contributed by atoms with Gasteiger partial charge >= 0.3 is 0 Å². The van der Waals surface area contributed by atoms with Crippen molar-refractivity contribution in [2.75, 3.05) is 76.6 Å². The van der Waals surface area contributed by atoms with E-state index >= 15 is 0 Å². The molecule has 2 aliphatic heterocycles. The van der Waals surface area contributed by atoms with E-state index in [2.05, 4.69) is 35.3 Å². The third kappa shape index (κ3) is 11.9. The number of aldehydes is 1. The lowest BCUT2D eigenvalue weighted by molar-refractivity contribution is -0.125. The zero-order chi connectivity index (χ0) is 46.4. The van der Waals surface area contributed by atoms with Gasteiger partial charge in [-0.3, -0.25) is 34.2 Å². The van der Waals surface area contributed by atoms with Crippen molar-refractivity contribution in [2.45, 2.75) is 64.0 Å². The third-order valence-electron chi connectivity index (χ3n) is 13.1. The number of piperidine rings is 1. The Balaban J connectivity index is 0.898. The quantitative estimate of drug-likeness (QED) is 0.0607. The normalized spacial score (nSPS) is 15.8. The average molecular weight is 900 g/mol. The van der Waals surface area contributed by atoms with Gasteiger partial charge in [0, 0.05) is 75.6 Å². The first-order valence-corrected chi connectivity index (χ1v) is 22.9. The van der Waals surface area contributed by atoms with Gasteiger partial charge in [0.15, 0.2) is 11.9 Å². The first kappa shape index (κ1) is 47.2. The predicted octanol–water partition coefficient (Wildman–Crippen LogP) is 5.19. The van der Waals surface area contributed by atoms with Gasteiger partial charge in [0.2, 0.25) is 18.7 Å². The topological polar surface area (TPSA) is 201 Å². The molecule has 2 aliphatic rings. The molecule has 0 radical (unpaired) electrons. The van der Waals surface area contributed by atoms with Crippen LogP contribution in [0.3, 0.4) is 0 Å². The lowest BCUT2D eigenvalue weighted by Gasteiger charge is -2.38. The lowest BCUT2D eigenvalue weighted by atomic mass is 9.93. The highest BCUT2D eigenvalue weighted by molar-refractivity contribution is 6.02. The first-order valence-electron chi connectivity index (χ1n) is 22.9. The molecule has 5 aromatic rings. The molecular formula is C49H61N11O6. The van der Waals surface area contributed by atoms with Crippen LogP contribution in [0.5, 0.6) is 11.5 Å². The predicted molar refractivity (Wildman–Crippen MR) is 253 cm³/mol. The number of fused-ring (bicyclic) bond motifs is 1. The molecule has 2 aromatic heterocycles. The summed E-state index contributed by atoms with van der Waals surface area (Å²) < 4.78 is 8.00. The summed E-state index contributed by atoms with van der Waals surface area (Å²) in [5.74, 6) is 1.79. The molecule has 66 heavy (non-hydrogen) atoms. The number of carbonyl (C=O) groups is 5. The number of para-hydroxylation sites is 1. The fraction of sp³-hybridized carbons (Fsp3) is 0.429. The fourth-order valence-electron chi connectivity index (χ4n) is 8.97. The second-order valence-corrected chi connectivity index (χ2v) is 17.3. The number of nitrogens with zero attached hydrogens (tertiary/aromatic N) is 8. The van der Waals surface area contributed by atoms with Crippen molar-refractivity contribution in [1.82, 2.24) is 45.1 Å². The summed E-state index contributed by atoms with van der Waals surface area (Å²) in [6.45, 7) is 9.77. The molecule has 0 saturated carbocycles. The Morgan fingerprint density at radius 1 is 0.864 bits per heavy atom. The Morgan fingerprint density at radius 2 is 1.59 bits per heavy atom. The van der Waals surface area contributed by atoms with Crippen molar-refractivity contribution in [2.24, 2.45) is 5.92 Å². The van der Waals surface area contributed by atoms with Crippen molar-refractivity contribution >= 4 is 53.5 Å². The first-order chi connectivity index (χ1) is 32.1. The van der Waals surface area contributed by atoms with E-state index in [1.54, 1.807) is 18.0 Å². The molecule has 0 bridgehead atoms. The monoisotopic (exact) mass is 899 g/mol. The fourth-order valence-corrected chi connectivity index (χ4v) is 8.97. The zero-order valence-electron chi connectivity index (χ0n) is 37.9. The van der Waals surface area contributed by atoms with Crippen LogP contribution in [0.4, 0.5) is 11.5 Å². The number of nitrogens with one attached hydrogen (secondary N) is 2. The number of aromatic nitrogens is 4. The van der Waals surface area contributed by atoms with Gasteiger partial charge in [0.05, 0.1) is 17.0 Å². The number of imide groups is 1. The van der Waals surface area contributed by atoms with Gasteiger partial charge in [0.25, 0.3) is 5.91 Å². The summed E-state index contributed by atoms with van der Waals surface area (Å²) in [7, 11) is 1.67. The van der Waals surface area contributed by atoms with Crippen LogP contribution < -0.4 is 26.0 Å². The van der Waals surface area contributed by atoms with E-state index in [1.807, 2.05) is 78.3 Å². The summed E-state index contributed by atoms with van der Waals surface area (Å²) >= 11 is 0. The van der Waals surface area contributed by atoms with Gasteiger partial charge in [-0.2, -0.15) is 5.10 Å². The maximum absolute atomic E-state index is 13.6. The van der Waals surface area contributed by atoms with E-state index in [4.69, 9.17) is 15.6 Å². The number of likely N-dealkylation sites (tertiary alicyclic amines) is 1. The van der Waals surface area contributed by atoms with Crippen LogP contribution in [0.15, 0.2) is 79.1 Å². The average Bonchev–Trinajstić information content (AvgIpc) is 3.75. The molecule has 17 nitrogen and oxygen atoms in total. The van der Waals surface area contributed by atoms with Gasteiger partial charge < -0.3 is 30.5 Å². The zero-order valence-corrected chi connectivity index (χ0v) is 37.9. The van der Waals surface area contributed by atoms with E-state index in [0.29, 0.717) is 77.4 Å². The van der Waals surface area contributed by atoms with Crippen LogP contribution in [0.25, 0.3) is 22.3 Å². The minimum absolute atomic E-state index is 0.0401. The molecule has 0 spiro atoms. The Kier molecular flexibility index (Phi) is 16.4. The number of nitrogens with two attached hydrogens (primary N) is 1. The molecule has 4 amide bonds. The number of amides is 4. The van der Waals surface area contributed by atoms with E-state index < -0.39 is 5.91 Å². The van der Waals surface area contributed by atoms with Crippen molar-refractivity contribution in [1.29, 1.82) is 0 Å². The smallest absolute Gasteiger partial charge is 0.254 e. The molecule has 4 heterocycles. The second-order valence-electron chi connectivity index (χ2n) is 17.3. The van der Waals surface area contributed by atoms with Crippen LogP contribution in [0.2, 0.25) is 0 Å². The standard InChI is InChI=1S/C49H61N11O6/c1-35(8-15-44(64)54-34-63)56(2)49(65)43-30-40(12-9-38(43)31-61)59-28-26-58(27-29-59)24-19-36-17-22-57(23-18-36)25-20-39(16-21-51-33-62)60-48-45(47(50)52-32-53-48)46(55-60)37-10-13-42(14-11-37)66-41-6-4-3-5-7-41/h3-7,9-14,30-36,39H,8,15-29H2,1-2H3,(H,51,62)(H2,50,52,53)(H,54,63,64). The Hall–Kier alpha value is -6.72. The maximum Gasteiger partial charge on any atom is 0.254 e. The number of nitrogen functional groups attached to an aromatic ring is 1. The molecule has 4 N–H and O–H groups in total. The Morgan fingerprint density at radius 3 is 2.30 bits per heavy atom. The van der Waals surface area contributed by atoms with Gasteiger partial charge in [-0.15, -0.1) is 0 Å².